The highest BCUT2D eigenvalue weighted by atomic mass is 16.5. The molecule has 0 aliphatic heterocycles. The molecule has 1 aromatic heterocycles. The second-order valence-electron chi connectivity index (χ2n) is 4.79. The number of hydrogen-bond acceptors (Lipinski definition) is 3. The van der Waals surface area contributed by atoms with Gasteiger partial charge in [-0.05, 0) is 50.1 Å². The summed E-state index contributed by atoms with van der Waals surface area (Å²) < 4.78 is 5.75. The Bertz CT molecular complexity index is 523. The van der Waals surface area contributed by atoms with Gasteiger partial charge in [0.15, 0.2) is 0 Å². The molecule has 1 heterocycles. The van der Waals surface area contributed by atoms with E-state index in [4.69, 9.17) is 4.74 Å². The Kier molecular flexibility index (Phi) is 3.42. The molecule has 1 aliphatic carbocycles. The van der Waals surface area contributed by atoms with Gasteiger partial charge in [-0.25, -0.2) is 0 Å². The molecule has 1 aromatic carbocycles. The zero-order chi connectivity index (χ0) is 12.2. The van der Waals surface area contributed by atoms with Crippen LogP contribution in [0.5, 0.6) is 5.75 Å². The minimum absolute atomic E-state index is 0.769. The van der Waals surface area contributed by atoms with E-state index in [1.807, 2.05) is 24.4 Å². The average Bonchev–Trinajstić information content (AvgIpc) is 3.22. The van der Waals surface area contributed by atoms with Crippen molar-refractivity contribution < 1.29 is 4.74 Å². The van der Waals surface area contributed by atoms with Crippen LogP contribution in [-0.2, 0) is 0 Å². The van der Waals surface area contributed by atoms with E-state index in [2.05, 4.69) is 22.4 Å². The van der Waals surface area contributed by atoms with Gasteiger partial charge < -0.3 is 10.1 Å². The zero-order valence-electron chi connectivity index (χ0n) is 10.4. The molecular formula is C15H18N2O. The molecule has 3 rings (SSSR count). The molecule has 0 unspecified atom stereocenters. The quantitative estimate of drug-likeness (QED) is 0.791. The highest BCUT2D eigenvalue weighted by Gasteiger charge is 2.19. The van der Waals surface area contributed by atoms with Crippen molar-refractivity contribution in [1.82, 2.24) is 10.3 Å². The molecule has 0 saturated heterocycles. The van der Waals surface area contributed by atoms with Crippen molar-refractivity contribution in [3.8, 4) is 5.75 Å². The fraction of sp³-hybridized carbons (Fsp3) is 0.400. The lowest BCUT2D eigenvalue weighted by Crippen LogP contribution is -2.19. The average molecular weight is 242 g/mol. The first kappa shape index (κ1) is 11.5. The molecule has 2 aromatic rings. The summed E-state index contributed by atoms with van der Waals surface area (Å²) in [7, 11) is 0. The fourth-order valence-electron chi connectivity index (χ4n) is 2.00. The van der Waals surface area contributed by atoms with E-state index >= 15 is 0 Å². The van der Waals surface area contributed by atoms with Crippen LogP contribution in [0.15, 0.2) is 36.5 Å². The molecule has 94 valence electrons. The van der Waals surface area contributed by atoms with E-state index in [0.717, 1.165) is 42.3 Å². The number of nitrogens with zero attached hydrogens (tertiary/aromatic N) is 1. The molecule has 1 N–H and O–H groups in total. The Morgan fingerprint density at radius 2 is 2.22 bits per heavy atom. The van der Waals surface area contributed by atoms with Gasteiger partial charge in [-0.15, -0.1) is 0 Å². The Labute approximate surface area is 107 Å². The fourth-order valence-corrected chi connectivity index (χ4v) is 2.00. The molecule has 0 atom stereocenters. The second-order valence-corrected chi connectivity index (χ2v) is 4.79. The summed E-state index contributed by atoms with van der Waals surface area (Å²) in [5.41, 5.74) is 1.01. The van der Waals surface area contributed by atoms with Gasteiger partial charge in [-0.2, -0.15) is 0 Å². The van der Waals surface area contributed by atoms with Gasteiger partial charge in [0.25, 0.3) is 0 Å². The highest BCUT2D eigenvalue weighted by molar-refractivity contribution is 5.79. The number of nitrogens with one attached hydrogen (secondary N) is 1. The molecule has 18 heavy (non-hydrogen) atoms. The van der Waals surface area contributed by atoms with Gasteiger partial charge in [0.05, 0.1) is 12.1 Å². The summed E-state index contributed by atoms with van der Waals surface area (Å²) in [5.74, 6) is 0.932. The lowest BCUT2D eigenvalue weighted by atomic mass is 10.2. The molecular weight excluding hydrogens is 224 g/mol. The molecule has 1 fully saturated rings. The number of fused-ring (bicyclic) bond motifs is 1. The van der Waals surface area contributed by atoms with Crippen LogP contribution in [0, 0.1) is 0 Å². The third kappa shape index (κ3) is 2.99. The molecule has 0 amide bonds. The first-order chi connectivity index (χ1) is 8.92. The summed E-state index contributed by atoms with van der Waals surface area (Å²) in [5, 5.41) is 4.61. The highest BCUT2D eigenvalue weighted by Crippen LogP contribution is 2.19. The minimum Gasteiger partial charge on any atom is -0.494 e. The van der Waals surface area contributed by atoms with Crippen LogP contribution in [0.3, 0.4) is 0 Å². The summed E-state index contributed by atoms with van der Waals surface area (Å²) in [6.45, 7) is 1.82. The number of hydrogen-bond donors (Lipinski definition) is 1. The van der Waals surface area contributed by atoms with Crippen molar-refractivity contribution in [3.63, 3.8) is 0 Å². The Morgan fingerprint density at radius 1 is 1.28 bits per heavy atom. The van der Waals surface area contributed by atoms with Crippen LogP contribution in [-0.4, -0.2) is 24.2 Å². The number of aromatic nitrogens is 1. The predicted octanol–water partition coefficient (Wildman–Crippen LogP) is 2.76. The van der Waals surface area contributed by atoms with Crippen molar-refractivity contribution in [3.05, 3.63) is 36.5 Å². The SMILES string of the molecule is c1cnc2ccc(OCCCNC3CC3)cc2c1. The van der Waals surface area contributed by atoms with Crippen LogP contribution in [0.25, 0.3) is 10.9 Å². The van der Waals surface area contributed by atoms with E-state index in [0.29, 0.717) is 0 Å². The monoisotopic (exact) mass is 242 g/mol. The van der Waals surface area contributed by atoms with Crippen LogP contribution in [0.4, 0.5) is 0 Å². The molecule has 1 aliphatic rings. The molecule has 0 radical (unpaired) electrons. The maximum atomic E-state index is 5.75. The van der Waals surface area contributed by atoms with Gasteiger partial charge in [0.2, 0.25) is 0 Å². The maximum Gasteiger partial charge on any atom is 0.120 e. The van der Waals surface area contributed by atoms with Gasteiger partial charge in [0, 0.05) is 17.6 Å². The van der Waals surface area contributed by atoms with Gasteiger partial charge in [-0.3, -0.25) is 4.98 Å². The topological polar surface area (TPSA) is 34.1 Å². The lowest BCUT2D eigenvalue weighted by molar-refractivity contribution is 0.308. The van der Waals surface area contributed by atoms with Crippen molar-refractivity contribution in [2.45, 2.75) is 25.3 Å². The first-order valence-corrected chi connectivity index (χ1v) is 6.63. The van der Waals surface area contributed by atoms with Gasteiger partial charge in [0.1, 0.15) is 5.75 Å². The van der Waals surface area contributed by atoms with E-state index in [1.165, 1.54) is 12.8 Å². The maximum absolute atomic E-state index is 5.75. The van der Waals surface area contributed by atoms with Crippen molar-refractivity contribution in [2.24, 2.45) is 0 Å². The largest absolute Gasteiger partial charge is 0.494 e. The third-order valence-electron chi connectivity index (χ3n) is 3.17. The zero-order valence-corrected chi connectivity index (χ0v) is 10.4. The Balaban J connectivity index is 1.50. The molecule has 3 heteroatoms. The van der Waals surface area contributed by atoms with Crippen LogP contribution < -0.4 is 10.1 Å². The number of ether oxygens (including phenoxy) is 1. The lowest BCUT2D eigenvalue weighted by Gasteiger charge is -2.07. The molecule has 1 saturated carbocycles. The second kappa shape index (κ2) is 5.36. The van der Waals surface area contributed by atoms with E-state index in [1.54, 1.807) is 0 Å². The smallest absolute Gasteiger partial charge is 0.120 e. The summed E-state index contributed by atoms with van der Waals surface area (Å²) in [4.78, 5) is 4.29. The number of benzene rings is 1. The molecule has 3 nitrogen and oxygen atoms in total. The summed E-state index contributed by atoms with van der Waals surface area (Å²) >= 11 is 0. The van der Waals surface area contributed by atoms with E-state index in [9.17, 15) is 0 Å². The number of rotatable bonds is 6. The standard InChI is InChI=1S/C15H18N2O/c1-3-12-11-14(6-7-15(12)17-8-1)18-10-2-9-16-13-4-5-13/h1,3,6-8,11,13,16H,2,4-5,9-10H2. The molecule has 0 spiro atoms. The Morgan fingerprint density at radius 3 is 3.11 bits per heavy atom. The first-order valence-electron chi connectivity index (χ1n) is 6.63. The van der Waals surface area contributed by atoms with Crippen molar-refractivity contribution >= 4 is 10.9 Å². The van der Waals surface area contributed by atoms with Crippen molar-refractivity contribution in [2.75, 3.05) is 13.2 Å². The van der Waals surface area contributed by atoms with Crippen molar-refractivity contribution in [1.29, 1.82) is 0 Å². The summed E-state index contributed by atoms with van der Waals surface area (Å²) in [6, 6.07) is 10.8. The Hall–Kier alpha value is -1.61. The third-order valence-corrected chi connectivity index (χ3v) is 3.17. The normalized spacial score (nSPS) is 14.9. The van der Waals surface area contributed by atoms with Gasteiger partial charge >= 0.3 is 0 Å². The number of pyridine rings is 1. The van der Waals surface area contributed by atoms with Crippen LogP contribution in [0.2, 0.25) is 0 Å². The summed E-state index contributed by atoms with van der Waals surface area (Å²) in [6.07, 6.45) is 5.56. The minimum atomic E-state index is 0.769. The molecule has 0 bridgehead atoms. The van der Waals surface area contributed by atoms with Gasteiger partial charge in [-0.1, -0.05) is 6.07 Å². The van der Waals surface area contributed by atoms with Crippen LogP contribution >= 0.6 is 0 Å². The van der Waals surface area contributed by atoms with E-state index in [-0.39, 0.29) is 0 Å². The van der Waals surface area contributed by atoms with Crippen LogP contribution in [0.1, 0.15) is 19.3 Å². The predicted molar refractivity (Wildman–Crippen MR) is 72.9 cm³/mol. The van der Waals surface area contributed by atoms with E-state index < -0.39 is 0 Å².